The number of carbonyl (C=O) groups excluding carboxylic acids is 1. The molecule has 4 heteroatoms. The topological polar surface area (TPSA) is 64.4 Å². The molecule has 0 radical (unpaired) electrons. The molecule has 0 fully saturated rings. The first kappa shape index (κ1) is 13.7. The van der Waals surface area contributed by atoms with Crippen LogP contribution >= 0.6 is 0 Å². The van der Waals surface area contributed by atoms with Gasteiger partial charge in [-0.15, -0.1) is 0 Å². The van der Waals surface area contributed by atoms with Crippen LogP contribution in [-0.2, 0) is 16.1 Å². The van der Waals surface area contributed by atoms with Gasteiger partial charge in [-0.1, -0.05) is 31.5 Å². The summed E-state index contributed by atoms with van der Waals surface area (Å²) in [5.41, 5.74) is 7.48. The Morgan fingerprint density at radius 1 is 1.47 bits per heavy atom. The predicted octanol–water partition coefficient (Wildman–Crippen LogP) is 1.90. The fourth-order valence-electron chi connectivity index (χ4n) is 1.59. The summed E-state index contributed by atoms with van der Waals surface area (Å²) >= 11 is 0. The highest BCUT2D eigenvalue weighted by molar-refractivity contribution is 5.95. The molecule has 0 saturated heterocycles. The van der Waals surface area contributed by atoms with Crippen molar-refractivity contribution in [3.8, 4) is 0 Å². The van der Waals surface area contributed by atoms with Crippen molar-refractivity contribution in [2.24, 2.45) is 5.73 Å². The molecule has 0 unspecified atom stereocenters. The van der Waals surface area contributed by atoms with Gasteiger partial charge >= 0.3 is 0 Å². The van der Waals surface area contributed by atoms with E-state index in [2.05, 4.69) is 5.32 Å². The van der Waals surface area contributed by atoms with Crippen LogP contribution < -0.4 is 11.1 Å². The Bertz CT molecular complexity index is 366. The van der Waals surface area contributed by atoms with Gasteiger partial charge in [-0.25, -0.2) is 0 Å². The van der Waals surface area contributed by atoms with E-state index in [9.17, 15) is 4.79 Å². The predicted molar refractivity (Wildman–Crippen MR) is 68.7 cm³/mol. The monoisotopic (exact) mass is 236 g/mol. The number of para-hydroxylation sites is 1. The summed E-state index contributed by atoms with van der Waals surface area (Å²) in [4.78, 5) is 11.8. The molecular formula is C13H20N2O2. The lowest BCUT2D eigenvalue weighted by Gasteiger charge is -2.14. The maximum absolute atomic E-state index is 11.8. The smallest absolute Gasteiger partial charge is 0.241 e. The van der Waals surface area contributed by atoms with E-state index in [-0.39, 0.29) is 5.91 Å². The largest absolute Gasteiger partial charge is 0.380 e. The van der Waals surface area contributed by atoms with Crippen LogP contribution in [0, 0.1) is 0 Å². The number of hydrogen-bond donors (Lipinski definition) is 2. The van der Waals surface area contributed by atoms with Crippen molar-refractivity contribution in [1.29, 1.82) is 0 Å². The van der Waals surface area contributed by atoms with Gasteiger partial charge in [-0.2, -0.15) is 0 Å². The third-order valence-corrected chi connectivity index (χ3v) is 2.51. The molecule has 1 aromatic carbocycles. The van der Waals surface area contributed by atoms with Crippen LogP contribution in [0.25, 0.3) is 0 Å². The Morgan fingerprint density at radius 3 is 2.82 bits per heavy atom. The maximum Gasteiger partial charge on any atom is 0.241 e. The van der Waals surface area contributed by atoms with Crippen molar-refractivity contribution in [2.75, 3.05) is 12.4 Å². The molecule has 0 spiro atoms. The van der Waals surface area contributed by atoms with Crippen LogP contribution in [0.5, 0.6) is 0 Å². The fraction of sp³-hybridized carbons (Fsp3) is 0.462. The molecule has 0 aliphatic rings. The summed E-state index contributed by atoms with van der Waals surface area (Å²) in [5.74, 6) is -0.143. The Morgan fingerprint density at radius 2 is 2.18 bits per heavy atom. The highest BCUT2D eigenvalue weighted by Gasteiger charge is 2.13. The van der Waals surface area contributed by atoms with Crippen LogP contribution in [0.3, 0.4) is 0 Å². The molecule has 0 heterocycles. The summed E-state index contributed by atoms with van der Waals surface area (Å²) in [6.07, 6.45) is 1.59. The van der Waals surface area contributed by atoms with Crippen LogP contribution in [0.15, 0.2) is 24.3 Å². The molecule has 0 aliphatic carbocycles. The normalized spacial score (nSPS) is 12.2. The van der Waals surface area contributed by atoms with Crippen molar-refractivity contribution < 1.29 is 9.53 Å². The molecule has 1 atom stereocenters. The lowest BCUT2D eigenvalue weighted by molar-refractivity contribution is -0.117. The number of hydrogen-bond acceptors (Lipinski definition) is 3. The lowest BCUT2D eigenvalue weighted by Crippen LogP contribution is -2.35. The standard InChI is InChI=1S/C13H20N2O2/c1-3-6-11(14)13(16)15-12-8-5-4-7-10(12)9-17-2/h4-5,7-8,11H,3,6,9,14H2,1-2H3,(H,15,16)/t11-/m1/s1. The number of nitrogens with one attached hydrogen (secondary N) is 1. The van der Waals surface area contributed by atoms with Gasteiger partial charge in [-0.3, -0.25) is 4.79 Å². The number of ether oxygens (including phenoxy) is 1. The average Bonchev–Trinajstić information content (AvgIpc) is 2.32. The zero-order chi connectivity index (χ0) is 12.7. The van der Waals surface area contributed by atoms with Gasteiger partial charge in [-0.05, 0) is 12.5 Å². The molecule has 0 aromatic heterocycles. The number of rotatable bonds is 6. The summed E-state index contributed by atoms with van der Waals surface area (Å²) in [7, 11) is 1.63. The van der Waals surface area contributed by atoms with E-state index in [4.69, 9.17) is 10.5 Å². The quantitative estimate of drug-likeness (QED) is 0.793. The van der Waals surface area contributed by atoms with E-state index in [1.165, 1.54) is 0 Å². The van der Waals surface area contributed by atoms with Gasteiger partial charge < -0.3 is 15.8 Å². The van der Waals surface area contributed by atoms with Crippen molar-refractivity contribution in [3.05, 3.63) is 29.8 Å². The first-order valence-corrected chi connectivity index (χ1v) is 5.82. The summed E-state index contributed by atoms with van der Waals surface area (Å²) in [6, 6.07) is 7.11. The molecule has 3 N–H and O–H groups in total. The molecule has 1 aromatic rings. The molecule has 94 valence electrons. The molecule has 4 nitrogen and oxygen atoms in total. The van der Waals surface area contributed by atoms with Crippen molar-refractivity contribution in [3.63, 3.8) is 0 Å². The minimum atomic E-state index is -0.449. The highest BCUT2D eigenvalue weighted by Crippen LogP contribution is 2.16. The Hall–Kier alpha value is -1.39. The van der Waals surface area contributed by atoms with E-state index in [0.717, 1.165) is 17.7 Å². The number of nitrogens with two attached hydrogens (primary N) is 1. The first-order chi connectivity index (χ1) is 8.19. The van der Waals surface area contributed by atoms with Crippen molar-refractivity contribution in [1.82, 2.24) is 0 Å². The maximum atomic E-state index is 11.8. The average molecular weight is 236 g/mol. The third-order valence-electron chi connectivity index (χ3n) is 2.51. The second-order valence-electron chi connectivity index (χ2n) is 3.97. The van der Waals surface area contributed by atoms with Crippen LogP contribution in [0.4, 0.5) is 5.69 Å². The van der Waals surface area contributed by atoms with Gasteiger partial charge in [0.25, 0.3) is 0 Å². The second kappa shape index (κ2) is 7.04. The SMILES string of the molecule is CCC[C@@H](N)C(=O)Nc1ccccc1COC. The van der Waals surface area contributed by atoms with E-state index in [0.29, 0.717) is 13.0 Å². The van der Waals surface area contributed by atoms with Gasteiger partial charge in [0.15, 0.2) is 0 Å². The summed E-state index contributed by atoms with van der Waals surface area (Å²) in [6.45, 7) is 2.48. The second-order valence-corrected chi connectivity index (χ2v) is 3.97. The van der Waals surface area contributed by atoms with Gasteiger partial charge in [0.2, 0.25) is 5.91 Å². The molecule has 17 heavy (non-hydrogen) atoms. The third kappa shape index (κ3) is 4.17. The molecule has 0 aliphatic heterocycles. The van der Waals surface area contributed by atoms with E-state index < -0.39 is 6.04 Å². The van der Waals surface area contributed by atoms with E-state index >= 15 is 0 Å². The number of amides is 1. The number of carbonyl (C=O) groups is 1. The lowest BCUT2D eigenvalue weighted by atomic mass is 10.1. The Labute approximate surface area is 102 Å². The van der Waals surface area contributed by atoms with Crippen molar-refractivity contribution in [2.45, 2.75) is 32.4 Å². The van der Waals surface area contributed by atoms with E-state index in [1.807, 2.05) is 31.2 Å². The van der Waals surface area contributed by atoms with Gasteiger partial charge in [0, 0.05) is 18.4 Å². The van der Waals surface area contributed by atoms with Crippen LogP contribution in [0.2, 0.25) is 0 Å². The van der Waals surface area contributed by atoms with Gasteiger partial charge in [0.1, 0.15) is 0 Å². The Kier molecular flexibility index (Phi) is 5.66. The van der Waals surface area contributed by atoms with Gasteiger partial charge in [0.05, 0.1) is 12.6 Å². The number of benzene rings is 1. The number of anilines is 1. The van der Waals surface area contributed by atoms with E-state index in [1.54, 1.807) is 7.11 Å². The molecule has 1 amide bonds. The summed E-state index contributed by atoms with van der Waals surface area (Å²) in [5, 5.41) is 2.84. The molecule has 0 saturated carbocycles. The minimum absolute atomic E-state index is 0.143. The number of methoxy groups -OCH3 is 1. The zero-order valence-corrected chi connectivity index (χ0v) is 10.4. The van der Waals surface area contributed by atoms with Crippen LogP contribution in [-0.4, -0.2) is 19.1 Å². The molecular weight excluding hydrogens is 216 g/mol. The molecule has 1 rings (SSSR count). The highest BCUT2D eigenvalue weighted by atomic mass is 16.5. The summed E-state index contributed by atoms with van der Waals surface area (Å²) < 4.78 is 5.08. The first-order valence-electron chi connectivity index (χ1n) is 5.82. The Balaban J connectivity index is 2.70. The zero-order valence-electron chi connectivity index (χ0n) is 10.4. The minimum Gasteiger partial charge on any atom is -0.380 e. The molecule has 0 bridgehead atoms. The van der Waals surface area contributed by atoms with Crippen molar-refractivity contribution >= 4 is 11.6 Å². The fourth-order valence-corrected chi connectivity index (χ4v) is 1.59. The van der Waals surface area contributed by atoms with Crippen LogP contribution in [0.1, 0.15) is 25.3 Å².